The Bertz CT molecular complexity index is 432. The summed E-state index contributed by atoms with van der Waals surface area (Å²) in [5.74, 6) is 0. The van der Waals surface area contributed by atoms with Gasteiger partial charge in [-0.05, 0) is 33.6 Å². The van der Waals surface area contributed by atoms with Crippen LogP contribution in [0.3, 0.4) is 0 Å². The maximum Gasteiger partial charge on any atom is 0.222 e. The molecule has 2 aromatic heterocycles. The van der Waals surface area contributed by atoms with E-state index in [0.717, 1.165) is 10.9 Å². The second-order valence-corrected chi connectivity index (χ2v) is 3.27. The van der Waals surface area contributed by atoms with Crippen molar-refractivity contribution in [3.05, 3.63) is 28.3 Å². The molecule has 0 aromatic carbocycles. The van der Waals surface area contributed by atoms with Crippen LogP contribution in [0.2, 0.25) is 5.28 Å². The van der Waals surface area contributed by atoms with Gasteiger partial charge in [0.1, 0.15) is 10.1 Å². The molecule has 3 nitrogen and oxygen atoms in total. The topological polar surface area (TPSA) is 38.7 Å². The molecule has 0 N–H and O–H groups in total. The van der Waals surface area contributed by atoms with Crippen molar-refractivity contribution in [2.75, 3.05) is 0 Å². The predicted molar refractivity (Wildman–Crippen MR) is 50.0 cm³/mol. The van der Waals surface area contributed by atoms with Crippen LogP contribution >= 0.6 is 27.5 Å². The quantitative estimate of drug-likeness (QED) is 0.528. The number of hydrogen-bond donors (Lipinski definition) is 0. The third-order valence-corrected chi connectivity index (χ3v) is 2.19. The molecule has 0 saturated carbocycles. The summed E-state index contributed by atoms with van der Waals surface area (Å²) in [5, 5.41) is 1.15. The summed E-state index contributed by atoms with van der Waals surface area (Å²) in [6.07, 6.45) is 3.35. The first-order chi connectivity index (χ1) is 5.77. The van der Waals surface area contributed by atoms with Crippen LogP contribution in [0.4, 0.5) is 0 Å². The van der Waals surface area contributed by atoms with Crippen molar-refractivity contribution in [3.63, 3.8) is 0 Å². The van der Waals surface area contributed by atoms with Crippen LogP contribution in [-0.4, -0.2) is 15.0 Å². The van der Waals surface area contributed by atoms with E-state index in [-0.39, 0.29) is 5.28 Å². The van der Waals surface area contributed by atoms with E-state index >= 15 is 0 Å². The molecule has 2 aromatic rings. The highest BCUT2D eigenvalue weighted by Gasteiger charge is 2.01. The largest absolute Gasteiger partial charge is 0.247 e. The number of fused-ring (bicyclic) bond motifs is 1. The van der Waals surface area contributed by atoms with E-state index in [9.17, 15) is 0 Å². The third kappa shape index (κ3) is 1.28. The number of hydrogen-bond acceptors (Lipinski definition) is 3. The minimum Gasteiger partial charge on any atom is -0.247 e. The average molecular weight is 244 g/mol. The second kappa shape index (κ2) is 2.95. The van der Waals surface area contributed by atoms with Gasteiger partial charge in [0.2, 0.25) is 5.28 Å². The summed E-state index contributed by atoms with van der Waals surface area (Å²) in [6, 6.07) is 1.83. The molecule has 0 fully saturated rings. The first kappa shape index (κ1) is 7.89. The number of aromatic nitrogens is 3. The first-order valence-electron chi connectivity index (χ1n) is 3.20. The van der Waals surface area contributed by atoms with E-state index in [1.165, 1.54) is 0 Å². The van der Waals surface area contributed by atoms with Gasteiger partial charge in [0.25, 0.3) is 0 Å². The fourth-order valence-electron chi connectivity index (χ4n) is 0.901. The summed E-state index contributed by atoms with van der Waals surface area (Å²) in [5.41, 5.74) is 0.734. The lowest BCUT2D eigenvalue weighted by Crippen LogP contribution is -1.86. The average Bonchev–Trinajstić information content (AvgIpc) is 2.07. The summed E-state index contributed by atoms with van der Waals surface area (Å²) in [7, 11) is 0. The Hall–Kier alpha value is -0.740. The number of rotatable bonds is 0. The smallest absolute Gasteiger partial charge is 0.222 e. The lowest BCUT2D eigenvalue weighted by Gasteiger charge is -1.97. The lowest BCUT2D eigenvalue weighted by molar-refractivity contribution is 1.19. The zero-order chi connectivity index (χ0) is 8.55. The molecule has 0 aliphatic rings. The van der Waals surface area contributed by atoms with E-state index in [1.807, 2.05) is 6.07 Å². The monoisotopic (exact) mass is 243 g/mol. The number of pyridine rings is 1. The maximum atomic E-state index is 5.62. The molecule has 0 radical (unpaired) electrons. The molecule has 2 heterocycles. The Morgan fingerprint density at radius 3 is 3.00 bits per heavy atom. The van der Waals surface area contributed by atoms with Crippen molar-refractivity contribution in [2.45, 2.75) is 0 Å². The molecule has 2 rings (SSSR count). The van der Waals surface area contributed by atoms with Gasteiger partial charge in [0.15, 0.2) is 0 Å². The molecule has 0 spiro atoms. The molecule has 0 atom stereocenters. The molecule has 12 heavy (non-hydrogen) atoms. The molecule has 0 amide bonds. The highest BCUT2D eigenvalue weighted by atomic mass is 79.9. The fourth-order valence-corrected chi connectivity index (χ4v) is 1.47. The second-order valence-electron chi connectivity index (χ2n) is 2.18. The van der Waals surface area contributed by atoms with Crippen LogP contribution in [0, 0.1) is 0 Å². The van der Waals surface area contributed by atoms with E-state index < -0.39 is 0 Å². The summed E-state index contributed by atoms with van der Waals surface area (Å²) >= 11 is 8.89. The van der Waals surface area contributed by atoms with Crippen molar-refractivity contribution in [3.8, 4) is 0 Å². The predicted octanol–water partition coefficient (Wildman–Crippen LogP) is 2.44. The van der Waals surface area contributed by atoms with Crippen molar-refractivity contribution >= 4 is 38.4 Å². The Kier molecular flexibility index (Phi) is 1.94. The van der Waals surface area contributed by atoms with E-state index in [0.29, 0.717) is 4.60 Å². The molecular weight excluding hydrogens is 241 g/mol. The molecule has 0 aliphatic carbocycles. The van der Waals surface area contributed by atoms with E-state index in [4.69, 9.17) is 11.6 Å². The van der Waals surface area contributed by atoms with Crippen molar-refractivity contribution in [1.82, 2.24) is 15.0 Å². The van der Waals surface area contributed by atoms with Crippen molar-refractivity contribution < 1.29 is 0 Å². The van der Waals surface area contributed by atoms with Gasteiger partial charge in [-0.3, -0.25) is 0 Å². The van der Waals surface area contributed by atoms with Gasteiger partial charge in [-0.15, -0.1) is 0 Å². The Morgan fingerprint density at radius 2 is 2.17 bits per heavy atom. The molecule has 0 bridgehead atoms. The van der Waals surface area contributed by atoms with Crippen LogP contribution in [-0.2, 0) is 0 Å². The Labute approximate surface area is 81.9 Å². The normalized spacial score (nSPS) is 10.5. The van der Waals surface area contributed by atoms with Gasteiger partial charge >= 0.3 is 0 Å². The Morgan fingerprint density at radius 1 is 1.33 bits per heavy atom. The summed E-state index contributed by atoms with van der Waals surface area (Å²) in [4.78, 5) is 11.9. The fraction of sp³-hybridized carbons (Fsp3) is 0. The molecular formula is C7H3BrClN3. The van der Waals surface area contributed by atoms with Gasteiger partial charge in [0, 0.05) is 17.8 Å². The molecule has 0 unspecified atom stereocenters. The zero-order valence-corrected chi connectivity index (χ0v) is 8.17. The van der Waals surface area contributed by atoms with Gasteiger partial charge < -0.3 is 0 Å². The minimum atomic E-state index is 0.233. The summed E-state index contributed by atoms with van der Waals surface area (Å²) < 4.78 is 0.685. The van der Waals surface area contributed by atoms with Crippen LogP contribution in [0.5, 0.6) is 0 Å². The molecule has 5 heteroatoms. The molecule has 0 saturated heterocycles. The summed E-state index contributed by atoms with van der Waals surface area (Å²) in [6.45, 7) is 0. The molecule has 60 valence electrons. The lowest BCUT2D eigenvalue weighted by atomic mass is 10.3. The van der Waals surface area contributed by atoms with Crippen LogP contribution in [0.1, 0.15) is 0 Å². The number of halogens is 2. The van der Waals surface area contributed by atoms with Gasteiger partial charge in [-0.2, -0.15) is 0 Å². The van der Waals surface area contributed by atoms with Crippen LogP contribution in [0.25, 0.3) is 10.9 Å². The zero-order valence-electron chi connectivity index (χ0n) is 5.83. The minimum absolute atomic E-state index is 0.233. The van der Waals surface area contributed by atoms with Gasteiger partial charge in [0.05, 0.1) is 0 Å². The van der Waals surface area contributed by atoms with E-state index in [2.05, 4.69) is 30.9 Å². The highest BCUT2D eigenvalue weighted by Crippen LogP contribution is 2.19. The first-order valence-corrected chi connectivity index (χ1v) is 4.37. The van der Waals surface area contributed by atoms with Crippen LogP contribution < -0.4 is 0 Å². The third-order valence-electron chi connectivity index (χ3n) is 1.43. The van der Waals surface area contributed by atoms with Crippen molar-refractivity contribution in [2.24, 2.45) is 0 Å². The SMILES string of the molecule is Clc1ncc2ccnc(Br)c2n1. The van der Waals surface area contributed by atoms with Crippen LogP contribution in [0.15, 0.2) is 23.1 Å². The maximum absolute atomic E-state index is 5.62. The van der Waals surface area contributed by atoms with E-state index in [1.54, 1.807) is 12.4 Å². The number of nitrogens with zero attached hydrogens (tertiary/aromatic N) is 3. The Balaban J connectivity index is 2.88. The molecule has 0 aliphatic heterocycles. The van der Waals surface area contributed by atoms with Crippen molar-refractivity contribution in [1.29, 1.82) is 0 Å². The van der Waals surface area contributed by atoms with Gasteiger partial charge in [-0.1, -0.05) is 0 Å². The van der Waals surface area contributed by atoms with Gasteiger partial charge in [-0.25, -0.2) is 15.0 Å². The standard InChI is InChI=1S/C7H3BrClN3/c8-6-5-4(1-2-10-6)3-11-7(9)12-5/h1-3H. The highest BCUT2D eigenvalue weighted by molar-refractivity contribution is 9.10.